The molecule has 0 spiro atoms. The summed E-state index contributed by atoms with van der Waals surface area (Å²) >= 11 is 3.09. The van der Waals surface area contributed by atoms with Crippen LogP contribution < -0.4 is 9.64 Å². The largest absolute Gasteiger partial charge is 0.490 e. The summed E-state index contributed by atoms with van der Waals surface area (Å²) in [5.74, 6) is -1.26. The van der Waals surface area contributed by atoms with Crippen molar-refractivity contribution >= 4 is 27.7 Å². The predicted octanol–water partition coefficient (Wildman–Crippen LogP) is 1.92. The number of anilines is 1. The van der Waals surface area contributed by atoms with E-state index in [1.54, 1.807) is 18.1 Å². The number of aromatic nitrogens is 1. The van der Waals surface area contributed by atoms with E-state index in [4.69, 9.17) is 14.6 Å². The van der Waals surface area contributed by atoms with E-state index in [9.17, 15) is 9.18 Å². The molecule has 1 saturated heterocycles. The first-order valence-electron chi connectivity index (χ1n) is 6.48. The number of ether oxygens (including phenoxy) is 2. The van der Waals surface area contributed by atoms with E-state index in [-0.39, 0.29) is 11.1 Å². The molecular weight excluding hydrogens is 347 g/mol. The molecule has 6 nitrogen and oxygen atoms in total. The van der Waals surface area contributed by atoms with Crippen LogP contribution in [-0.4, -0.2) is 49.5 Å². The van der Waals surface area contributed by atoms with Crippen molar-refractivity contribution in [2.75, 3.05) is 38.3 Å². The lowest BCUT2D eigenvalue weighted by atomic mass is 10.1. The zero-order valence-electron chi connectivity index (χ0n) is 11.5. The summed E-state index contributed by atoms with van der Waals surface area (Å²) in [4.78, 5) is 16.6. The number of nitrogens with zero attached hydrogens (tertiary/aromatic N) is 2. The lowest BCUT2D eigenvalue weighted by molar-refractivity contribution is -0.140. The van der Waals surface area contributed by atoms with Crippen LogP contribution in [0.2, 0.25) is 0 Å². The number of aliphatic carboxylic acids is 1. The SMILES string of the molecule is COCCOc1cc(N2CCC(C(=O)O)C2)nc(F)c1Br. The van der Waals surface area contributed by atoms with Gasteiger partial charge in [0.15, 0.2) is 0 Å². The van der Waals surface area contributed by atoms with Crippen LogP contribution >= 0.6 is 15.9 Å². The van der Waals surface area contributed by atoms with Crippen molar-refractivity contribution in [3.8, 4) is 5.75 Å². The first-order valence-corrected chi connectivity index (χ1v) is 7.27. The highest BCUT2D eigenvalue weighted by molar-refractivity contribution is 9.10. The summed E-state index contributed by atoms with van der Waals surface area (Å²) in [6.07, 6.45) is 0.522. The van der Waals surface area contributed by atoms with Crippen molar-refractivity contribution in [2.45, 2.75) is 6.42 Å². The Bertz CT molecular complexity index is 529. The second-order valence-electron chi connectivity index (χ2n) is 4.69. The van der Waals surface area contributed by atoms with Crippen molar-refractivity contribution in [1.82, 2.24) is 4.98 Å². The molecular formula is C13H16BrFN2O4. The van der Waals surface area contributed by atoms with Crippen LogP contribution in [0.15, 0.2) is 10.5 Å². The third-order valence-corrected chi connectivity index (χ3v) is 3.99. The fourth-order valence-electron chi connectivity index (χ4n) is 2.14. The number of hydrogen-bond donors (Lipinski definition) is 1. The van der Waals surface area contributed by atoms with Crippen molar-refractivity contribution < 1.29 is 23.8 Å². The minimum atomic E-state index is -0.841. The standard InChI is InChI=1S/C13H16BrFN2O4/c1-20-4-5-21-9-6-10(16-12(15)11(9)14)17-3-2-8(7-17)13(18)19/h6,8H,2-5,7H2,1H3,(H,18,19). The summed E-state index contributed by atoms with van der Waals surface area (Å²) in [6, 6.07) is 1.60. The molecule has 0 bridgehead atoms. The van der Waals surface area contributed by atoms with Crippen LogP contribution in [-0.2, 0) is 9.53 Å². The molecule has 116 valence electrons. The molecule has 1 aromatic heterocycles. The maximum absolute atomic E-state index is 13.8. The summed E-state index contributed by atoms with van der Waals surface area (Å²) in [6.45, 7) is 1.52. The number of carboxylic acids is 1. The second-order valence-corrected chi connectivity index (χ2v) is 5.49. The molecule has 1 fully saturated rings. The fraction of sp³-hybridized carbons (Fsp3) is 0.538. The zero-order chi connectivity index (χ0) is 15.4. The maximum Gasteiger partial charge on any atom is 0.308 e. The number of carboxylic acid groups (broad SMARTS) is 1. The van der Waals surface area contributed by atoms with Gasteiger partial charge in [-0.1, -0.05) is 0 Å². The van der Waals surface area contributed by atoms with E-state index in [1.165, 1.54) is 0 Å². The predicted molar refractivity (Wildman–Crippen MR) is 77.2 cm³/mol. The van der Waals surface area contributed by atoms with E-state index < -0.39 is 17.8 Å². The Hall–Kier alpha value is -1.41. The third-order valence-electron chi connectivity index (χ3n) is 3.28. The van der Waals surface area contributed by atoms with Crippen LogP contribution in [0.1, 0.15) is 6.42 Å². The van der Waals surface area contributed by atoms with Gasteiger partial charge in [0.2, 0.25) is 5.95 Å². The minimum Gasteiger partial charge on any atom is -0.490 e. The van der Waals surface area contributed by atoms with Gasteiger partial charge in [-0.15, -0.1) is 0 Å². The van der Waals surface area contributed by atoms with Gasteiger partial charge < -0.3 is 19.5 Å². The molecule has 0 amide bonds. The second kappa shape index (κ2) is 7.04. The maximum atomic E-state index is 13.8. The Kier molecular flexibility index (Phi) is 5.35. The molecule has 1 aromatic rings. The minimum absolute atomic E-state index is 0.149. The van der Waals surface area contributed by atoms with Crippen molar-refractivity contribution in [2.24, 2.45) is 5.92 Å². The molecule has 8 heteroatoms. The summed E-state index contributed by atoms with van der Waals surface area (Å²) in [5.41, 5.74) is 0. The molecule has 2 rings (SSSR count). The number of methoxy groups -OCH3 is 1. The Morgan fingerprint density at radius 2 is 2.38 bits per heavy atom. The van der Waals surface area contributed by atoms with E-state index >= 15 is 0 Å². The highest BCUT2D eigenvalue weighted by Gasteiger charge is 2.29. The monoisotopic (exact) mass is 362 g/mol. The number of rotatable bonds is 6. The topological polar surface area (TPSA) is 71.9 Å². The summed E-state index contributed by atoms with van der Waals surface area (Å²) in [7, 11) is 1.55. The normalized spacial score (nSPS) is 18.0. The van der Waals surface area contributed by atoms with Crippen LogP contribution in [0.5, 0.6) is 5.75 Å². The number of hydrogen-bond acceptors (Lipinski definition) is 5. The first kappa shape index (κ1) is 16.0. The smallest absolute Gasteiger partial charge is 0.308 e. The number of halogens is 2. The molecule has 1 N–H and O–H groups in total. The van der Waals surface area contributed by atoms with E-state index in [1.807, 2.05) is 0 Å². The van der Waals surface area contributed by atoms with Crippen molar-refractivity contribution in [1.29, 1.82) is 0 Å². The fourth-order valence-corrected chi connectivity index (χ4v) is 2.45. The van der Waals surface area contributed by atoms with Gasteiger partial charge in [-0.2, -0.15) is 4.39 Å². The zero-order valence-corrected chi connectivity index (χ0v) is 13.1. The highest BCUT2D eigenvalue weighted by Crippen LogP contribution is 2.32. The molecule has 21 heavy (non-hydrogen) atoms. The average Bonchev–Trinajstić information content (AvgIpc) is 2.93. The molecule has 0 aromatic carbocycles. The third kappa shape index (κ3) is 3.82. The van der Waals surface area contributed by atoms with Crippen LogP contribution in [0.25, 0.3) is 0 Å². The number of pyridine rings is 1. The van der Waals surface area contributed by atoms with Gasteiger partial charge in [0.25, 0.3) is 0 Å². The quantitative estimate of drug-likeness (QED) is 0.615. The van der Waals surface area contributed by atoms with Gasteiger partial charge in [-0.05, 0) is 22.4 Å². The lowest BCUT2D eigenvalue weighted by Crippen LogP contribution is -2.24. The molecule has 1 aliphatic heterocycles. The Balaban J connectivity index is 2.15. The molecule has 0 radical (unpaired) electrons. The summed E-state index contributed by atoms with van der Waals surface area (Å²) in [5, 5.41) is 9.01. The lowest BCUT2D eigenvalue weighted by Gasteiger charge is -2.18. The molecule has 1 unspecified atom stereocenters. The van der Waals surface area contributed by atoms with Gasteiger partial charge in [0, 0.05) is 26.3 Å². The van der Waals surface area contributed by atoms with Gasteiger partial charge in [-0.25, -0.2) is 4.98 Å². The Morgan fingerprint density at radius 1 is 1.62 bits per heavy atom. The van der Waals surface area contributed by atoms with Gasteiger partial charge in [0.1, 0.15) is 22.6 Å². The van der Waals surface area contributed by atoms with Gasteiger partial charge in [-0.3, -0.25) is 4.79 Å². The van der Waals surface area contributed by atoms with Crippen LogP contribution in [0.4, 0.5) is 10.2 Å². The highest BCUT2D eigenvalue weighted by atomic mass is 79.9. The summed E-state index contributed by atoms with van der Waals surface area (Å²) < 4.78 is 24.3. The van der Waals surface area contributed by atoms with Crippen molar-refractivity contribution in [3.05, 3.63) is 16.5 Å². The van der Waals surface area contributed by atoms with Crippen molar-refractivity contribution in [3.63, 3.8) is 0 Å². The van der Waals surface area contributed by atoms with Crippen LogP contribution in [0, 0.1) is 11.9 Å². The van der Waals surface area contributed by atoms with Gasteiger partial charge >= 0.3 is 5.97 Å². The molecule has 1 atom stereocenters. The molecule has 2 heterocycles. The number of carbonyl (C=O) groups is 1. The molecule has 0 aliphatic carbocycles. The Labute approximate surface area is 130 Å². The van der Waals surface area contributed by atoms with Crippen LogP contribution in [0.3, 0.4) is 0 Å². The molecule has 0 saturated carbocycles. The van der Waals surface area contributed by atoms with Gasteiger partial charge in [0.05, 0.1) is 12.5 Å². The first-order chi connectivity index (χ1) is 10.0. The Morgan fingerprint density at radius 3 is 3.00 bits per heavy atom. The molecule has 1 aliphatic rings. The van der Waals surface area contributed by atoms with E-state index in [0.29, 0.717) is 37.7 Å². The average molecular weight is 363 g/mol. The van der Waals surface area contributed by atoms with E-state index in [2.05, 4.69) is 20.9 Å². The van der Waals surface area contributed by atoms with E-state index in [0.717, 1.165) is 0 Å².